The molecule has 1 saturated heterocycles. The number of aryl methyl sites for hydroxylation is 2. The van der Waals surface area contributed by atoms with E-state index in [0.717, 1.165) is 13.0 Å². The fraction of sp³-hybridized carbons (Fsp3) is 0.500. The van der Waals surface area contributed by atoms with Crippen LogP contribution in [-0.4, -0.2) is 24.7 Å². The van der Waals surface area contributed by atoms with Gasteiger partial charge in [-0.2, -0.15) is 0 Å². The van der Waals surface area contributed by atoms with Crippen LogP contribution >= 0.6 is 11.8 Å². The molecule has 0 aliphatic carbocycles. The molecule has 1 atom stereocenters. The fourth-order valence-electron chi connectivity index (χ4n) is 1.86. The monoisotopic (exact) mass is 250 g/mol. The lowest BCUT2D eigenvalue weighted by atomic mass is 10.1. The molecule has 1 fully saturated rings. The smallest absolute Gasteiger partial charge is 0.148 e. The molecule has 1 aliphatic rings. The molecule has 0 radical (unpaired) electrons. The lowest BCUT2D eigenvalue weighted by Gasteiger charge is -2.07. The number of ether oxygens (including phenoxy) is 1. The van der Waals surface area contributed by atoms with Gasteiger partial charge >= 0.3 is 0 Å². The molecule has 0 spiro atoms. The predicted octanol–water partition coefficient (Wildman–Crippen LogP) is 3.00. The minimum atomic E-state index is 0.133. The number of carbonyl (C=O) groups is 1. The summed E-state index contributed by atoms with van der Waals surface area (Å²) < 4.78 is 5.24. The summed E-state index contributed by atoms with van der Waals surface area (Å²) in [5.74, 6) is 1.02. The summed E-state index contributed by atoms with van der Waals surface area (Å²) in [6.45, 7) is 5.56. The molecule has 1 unspecified atom stereocenters. The van der Waals surface area contributed by atoms with Crippen LogP contribution in [0.5, 0.6) is 0 Å². The second-order valence-electron chi connectivity index (χ2n) is 4.56. The zero-order valence-corrected chi connectivity index (χ0v) is 11.2. The first kappa shape index (κ1) is 12.7. The summed E-state index contributed by atoms with van der Waals surface area (Å²) in [7, 11) is 0. The molecule has 0 amide bonds. The molecule has 0 aromatic heterocycles. The first-order valence-electron chi connectivity index (χ1n) is 5.97. The molecule has 0 bridgehead atoms. The van der Waals surface area contributed by atoms with E-state index in [9.17, 15) is 4.79 Å². The Balaban J connectivity index is 1.88. The number of Topliss-reactive ketones (excluding diaryl/α,β-unsaturated/α-hetero) is 1. The van der Waals surface area contributed by atoms with E-state index in [1.54, 1.807) is 11.8 Å². The van der Waals surface area contributed by atoms with Gasteiger partial charge in [0.05, 0.1) is 12.4 Å². The van der Waals surface area contributed by atoms with Gasteiger partial charge in [0.15, 0.2) is 0 Å². The van der Waals surface area contributed by atoms with Crippen LogP contribution in [0.3, 0.4) is 0 Å². The average molecular weight is 250 g/mol. The van der Waals surface area contributed by atoms with Gasteiger partial charge in [0.2, 0.25) is 0 Å². The summed E-state index contributed by atoms with van der Waals surface area (Å²) in [4.78, 5) is 13.1. The second kappa shape index (κ2) is 5.69. The number of hydrogen-bond acceptors (Lipinski definition) is 3. The number of ketones is 1. The molecular formula is C14H18O2S. The summed E-state index contributed by atoms with van der Waals surface area (Å²) in [6.07, 6.45) is 0.895. The van der Waals surface area contributed by atoms with Gasteiger partial charge in [0, 0.05) is 17.4 Å². The van der Waals surface area contributed by atoms with E-state index in [1.807, 2.05) is 0 Å². The van der Waals surface area contributed by atoms with E-state index >= 15 is 0 Å². The molecule has 17 heavy (non-hydrogen) atoms. The fourth-order valence-corrected chi connectivity index (χ4v) is 2.83. The van der Waals surface area contributed by atoms with Gasteiger partial charge in [-0.05, 0) is 43.5 Å². The van der Waals surface area contributed by atoms with Crippen molar-refractivity contribution in [1.29, 1.82) is 0 Å². The molecule has 3 heteroatoms. The summed E-state index contributed by atoms with van der Waals surface area (Å²) in [6, 6.07) is 6.35. The van der Waals surface area contributed by atoms with Crippen molar-refractivity contribution < 1.29 is 9.53 Å². The SMILES string of the molecule is Cc1ccc(SCC(=O)C2CCOC2)cc1C. The molecule has 1 aromatic rings. The van der Waals surface area contributed by atoms with Crippen molar-refractivity contribution in [3.8, 4) is 0 Å². The molecule has 2 nitrogen and oxygen atoms in total. The molecule has 0 saturated carbocycles. The highest BCUT2D eigenvalue weighted by molar-refractivity contribution is 8.00. The Morgan fingerprint density at radius 1 is 1.41 bits per heavy atom. The predicted molar refractivity (Wildman–Crippen MR) is 70.6 cm³/mol. The largest absolute Gasteiger partial charge is 0.381 e. The highest BCUT2D eigenvalue weighted by Gasteiger charge is 2.23. The van der Waals surface area contributed by atoms with E-state index in [1.165, 1.54) is 16.0 Å². The van der Waals surface area contributed by atoms with Crippen molar-refractivity contribution in [1.82, 2.24) is 0 Å². The third kappa shape index (κ3) is 3.33. The Morgan fingerprint density at radius 3 is 2.88 bits per heavy atom. The third-order valence-corrected chi connectivity index (χ3v) is 4.26. The number of rotatable bonds is 4. The topological polar surface area (TPSA) is 26.3 Å². The van der Waals surface area contributed by atoms with Crippen LogP contribution in [0.1, 0.15) is 17.5 Å². The standard InChI is InChI=1S/C14H18O2S/c1-10-3-4-13(7-11(10)2)17-9-14(15)12-5-6-16-8-12/h3-4,7,12H,5-6,8-9H2,1-2H3. The van der Waals surface area contributed by atoms with Crippen LogP contribution in [-0.2, 0) is 9.53 Å². The quantitative estimate of drug-likeness (QED) is 0.768. The zero-order chi connectivity index (χ0) is 12.3. The van der Waals surface area contributed by atoms with Gasteiger partial charge in [-0.1, -0.05) is 6.07 Å². The average Bonchev–Trinajstić information content (AvgIpc) is 2.84. The normalized spacial score (nSPS) is 19.5. The van der Waals surface area contributed by atoms with Gasteiger partial charge in [-0.25, -0.2) is 0 Å². The minimum Gasteiger partial charge on any atom is -0.381 e. The van der Waals surface area contributed by atoms with Crippen molar-refractivity contribution in [2.75, 3.05) is 19.0 Å². The number of carbonyl (C=O) groups excluding carboxylic acids is 1. The number of hydrogen-bond donors (Lipinski definition) is 0. The highest BCUT2D eigenvalue weighted by atomic mass is 32.2. The van der Waals surface area contributed by atoms with Gasteiger partial charge in [-0.15, -0.1) is 11.8 Å². The molecule has 0 N–H and O–H groups in total. The van der Waals surface area contributed by atoms with Crippen molar-refractivity contribution >= 4 is 17.5 Å². The van der Waals surface area contributed by atoms with Gasteiger partial charge in [0.1, 0.15) is 5.78 Å². The maximum Gasteiger partial charge on any atom is 0.148 e. The van der Waals surface area contributed by atoms with Crippen molar-refractivity contribution in [2.24, 2.45) is 5.92 Å². The molecule has 1 aromatic carbocycles. The van der Waals surface area contributed by atoms with Crippen LogP contribution in [0, 0.1) is 19.8 Å². The first-order chi connectivity index (χ1) is 8.16. The zero-order valence-electron chi connectivity index (χ0n) is 10.4. The molecule has 2 rings (SSSR count). The lowest BCUT2D eigenvalue weighted by molar-refractivity contribution is -0.120. The van der Waals surface area contributed by atoms with Gasteiger partial charge in [-0.3, -0.25) is 4.79 Å². The summed E-state index contributed by atoms with van der Waals surface area (Å²) in [5.41, 5.74) is 2.58. The van der Waals surface area contributed by atoms with Crippen LogP contribution in [0.25, 0.3) is 0 Å². The molecule has 92 valence electrons. The second-order valence-corrected chi connectivity index (χ2v) is 5.61. The van der Waals surface area contributed by atoms with Crippen molar-refractivity contribution in [3.63, 3.8) is 0 Å². The van der Waals surface area contributed by atoms with Gasteiger partial charge < -0.3 is 4.74 Å². The van der Waals surface area contributed by atoms with Crippen LogP contribution < -0.4 is 0 Å². The van der Waals surface area contributed by atoms with E-state index in [0.29, 0.717) is 18.1 Å². The van der Waals surface area contributed by atoms with Crippen LogP contribution in [0.4, 0.5) is 0 Å². The minimum absolute atomic E-state index is 0.133. The van der Waals surface area contributed by atoms with Gasteiger partial charge in [0.25, 0.3) is 0 Å². The number of benzene rings is 1. The maximum absolute atomic E-state index is 11.9. The Labute approximate surface area is 107 Å². The molecule has 1 heterocycles. The Hall–Kier alpha value is -0.800. The molecule has 1 aliphatic heterocycles. The summed E-state index contributed by atoms with van der Waals surface area (Å²) in [5, 5.41) is 0. The van der Waals surface area contributed by atoms with Crippen LogP contribution in [0.2, 0.25) is 0 Å². The highest BCUT2D eigenvalue weighted by Crippen LogP contribution is 2.23. The maximum atomic E-state index is 11.9. The Kier molecular flexibility index (Phi) is 4.24. The van der Waals surface area contributed by atoms with Crippen molar-refractivity contribution in [2.45, 2.75) is 25.2 Å². The Bertz CT molecular complexity index is 409. The summed E-state index contributed by atoms with van der Waals surface area (Å²) >= 11 is 1.63. The van der Waals surface area contributed by atoms with Crippen LogP contribution in [0.15, 0.2) is 23.1 Å². The first-order valence-corrected chi connectivity index (χ1v) is 6.96. The Morgan fingerprint density at radius 2 is 2.24 bits per heavy atom. The third-order valence-electron chi connectivity index (χ3n) is 3.24. The number of thioether (sulfide) groups is 1. The lowest BCUT2D eigenvalue weighted by Crippen LogP contribution is -2.16. The van der Waals surface area contributed by atoms with E-state index in [2.05, 4.69) is 32.0 Å². The van der Waals surface area contributed by atoms with E-state index in [-0.39, 0.29) is 5.92 Å². The van der Waals surface area contributed by atoms with E-state index in [4.69, 9.17) is 4.74 Å². The molecular weight excluding hydrogens is 232 g/mol. The van der Waals surface area contributed by atoms with E-state index < -0.39 is 0 Å². The van der Waals surface area contributed by atoms with Crippen molar-refractivity contribution in [3.05, 3.63) is 29.3 Å².